The molecule has 0 fully saturated rings. The quantitative estimate of drug-likeness (QED) is 0.738. The van der Waals surface area contributed by atoms with Crippen LogP contribution in [-0.4, -0.2) is 30.4 Å². The van der Waals surface area contributed by atoms with Gasteiger partial charge in [0.15, 0.2) is 0 Å². The van der Waals surface area contributed by atoms with Gasteiger partial charge < -0.3 is 14.6 Å². The van der Waals surface area contributed by atoms with E-state index in [1.165, 1.54) is 11.3 Å². The minimum Gasteiger partial charge on any atom is -0.478 e. The van der Waals surface area contributed by atoms with Crippen LogP contribution in [0.15, 0.2) is 18.2 Å². The Morgan fingerprint density at radius 2 is 2.33 bits per heavy atom. The minimum atomic E-state index is -0.938. The molecule has 0 aliphatic heterocycles. The number of ether oxygens (including phenoxy) is 2. The van der Waals surface area contributed by atoms with Crippen LogP contribution >= 0.6 is 11.3 Å². The molecule has 1 aromatic rings. The fraction of sp³-hybridized carbons (Fsp3) is 0.462. The summed E-state index contributed by atoms with van der Waals surface area (Å²) in [6, 6.07) is 3.83. The van der Waals surface area contributed by atoms with Crippen molar-refractivity contribution >= 4 is 23.4 Å². The molecule has 0 aliphatic rings. The molecule has 0 saturated heterocycles. The predicted molar refractivity (Wildman–Crippen MR) is 71.7 cm³/mol. The molecule has 5 heteroatoms. The number of thiophene rings is 1. The van der Waals surface area contributed by atoms with Gasteiger partial charge in [-0.05, 0) is 32.1 Å². The van der Waals surface area contributed by atoms with Gasteiger partial charge in [0.2, 0.25) is 0 Å². The third kappa shape index (κ3) is 5.95. The second-order valence-corrected chi connectivity index (χ2v) is 4.96. The van der Waals surface area contributed by atoms with E-state index in [2.05, 4.69) is 0 Å². The van der Waals surface area contributed by atoms with Crippen LogP contribution in [0.2, 0.25) is 0 Å². The highest BCUT2D eigenvalue weighted by Crippen LogP contribution is 2.19. The van der Waals surface area contributed by atoms with E-state index in [-0.39, 0.29) is 6.10 Å². The average Bonchev–Trinajstić information content (AvgIpc) is 2.79. The molecule has 0 aromatic carbocycles. The maximum atomic E-state index is 10.4. The van der Waals surface area contributed by atoms with Gasteiger partial charge in [-0.15, -0.1) is 11.3 Å². The molecule has 1 N–H and O–H groups in total. The fourth-order valence-electron chi connectivity index (χ4n) is 1.27. The lowest BCUT2D eigenvalue weighted by Gasteiger charge is -2.11. The van der Waals surface area contributed by atoms with Crippen molar-refractivity contribution in [3.63, 3.8) is 0 Å². The van der Waals surface area contributed by atoms with Gasteiger partial charge in [-0.1, -0.05) is 0 Å². The van der Waals surface area contributed by atoms with Gasteiger partial charge in [0, 0.05) is 22.4 Å². The molecular weight excluding hydrogens is 252 g/mol. The van der Waals surface area contributed by atoms with Crippen molar-refractivity contribution in [3.8, 4) is 0 Å². The lowest BCUT2D eigenvalue weighted by Crippen LogP contribution is -2.15. The Bertz CT molecular complexity index is 397. The predicted octanol–water partition coefficient (Wildman–Crippen LogP) is 2.79. The third-order valence-electron chi connectivity index (χ3n) is 2.14. The summed E-state index contributed by atoms with van der Waals surface area (Å²) < 4.78 is 10.9. The van der Waals surface area contributed by atoms with Gasteiger partial charge in [0.1, 0.15) is 0 Å². The minimum absolute atomic E-state index is 0.0602. The Balaban J connectivity index is 2.37. The van der Waals surface area contributed by atoms with Crippen LogP contribution in [0.25, 0.3) is 6.08 Å². The molecule has 0 bridgehead atoms. The van der Waals surface area contributed by atoms with Crippen LogP contribution in [0.4, 0.5) is 0 Å². The fourth-order valence-corrected chi connectivity index (χ4v) is 2.11. The first kappa shape index (κ1) is 14.9. The Morgan fingerprint density at radius 1 is 1.56 bits per heavy atom. The summed E-state index contributed by atoms with van der Waals surface area (Å²) in [5.41, 5.74) is 0. The first-order chi connectivity index (χ1) is 8.61. The van der Waals surface area contributed by atoms with Gasteiger partial charge >= 0.3 is 5.97 Å². The van der Waals surface area contributed by atoms with Gasteiger partial charge in [-0.25, -0.2) is 4.79 Å². The third-order valence-corrected chi connectivity index (χ3v) is 3.16. The molecule has 0 spiro atoms. The Hall–Kier alpha value is -1.17. The van der Waals surface area contributed by atoms with E-state index in [9.17, 15) is 4.79 Å². The maximum absolute atomic E-state index is 10.4. The lowest BCUT2D eigenvalue weighted by atomic mass is 10.4. The summed E-state index contributed by atoms with van der Waals surface area (Å²) in [4.78, 5) is 12.4. The number of carboxylic acid groups (broad SMARTS) is 1. The van der Waals surface area contributed by atoms with E-state index in [0.717, 1.165) is 15.8 Å². The monoisotopic (exact) mass is 270 g/mol. The first-order valence-corrected chi connectivity index (χ1v) is 6.62. The van der Waals surface area contributed by atoms with Crippen LogP contribution in [0.5, 0.6) is 0 Å². The van der Waals surface area contributed by atoms with Crippen LogP contribution < -0.4 is 0 Å². The van der Waals surface area contributed by atoms with E-state index in [0.29, 0.717) is 19.8 Å². The highest BCUT2D eigenvalue weighted by molar-refractivity contribution is 7.12. The van der Waals surface area contributed by atoms with E-state index in [1.807, 2.05) is 26.0 Å². The molecule has 1 rings (SSSR count). The highest BCUT2D eigenvalue weighted by Gasteiger charge is 2.04. The summed E-state index contributed by atoms with van der Waals surface area (Å²) in [5, 5.41) is 8.52. The van der Waals surface area contributed by atoms with E-state index in [1.54, 1.807) is 6.08 Å². The van der Waals surface area contributed by atoms with Crippen LogP contribution in [-0.2, 0) is 20.9 Å². The zero-order valence-corrected chi connectivity index (χ0v) is 11.4. The van der Waals surface area contributed by atoms with Crippen LogP contribution in [0.1, 0.15) is 23.6 Å². The van der Waals surface area contributed by atoms with Crippen molar-refractivity contribution in [1.82, 2.24) is 0 Å². The number of carboxylic acids is 1. The Morgan fingerprint density at radius 3 is 3.00 bits per heavy atom. The number of rotatable bonds is 8. The second-order valence-electron chi connectivity index (χ2n) is 3.76. The summed E-state index contributed by atoms with van der Waals surface area (Å²) >= 11 is 1.52. The number of hydrogen-bond donors (Lipinski definition) is 1. The molecule has 18 heavy (non-hydrogen) atoms. The van der Waals surface area contributed by atoms with Gasteiger partial charge in [0.05, 0.1) is 19.3 Å². The molecule has 0 saturated carbocycles. The average molecular weight is 270 g/mol. The highest BCUT2D eigenvalue weighted by atomic mass is 32.1. The van der Waals surface area contributed by atoms with Crippen molar-refractivity contribution in [2.45, 2.75) is 26.6 Å². The normalized spacial score (nSPS) is 13.0. The Labute approximate surface area is 111 Å². The second kappa shape index (κ2) is 8.02. The molecule has 100 valence electrons. The summed E-state index contributed by atoms with van der Waals surface area (Å²) in [6.07, 6.45) is 2.78. The lowest BCUT2D eigenvalue weighted by molar-refractivity contribution is -0.131. The van der Waals surface area contributed by atoms with Crippen molar-refractivity contribution < 1.29 is 19.4 Å². The van der Waals surface area contributed by atoms with Crippen molar-refractivity contribution in [2.75, 3.05) is 13.2 Å². The van der Waals surface area contributed by atoms with Gasteiger partial charge in [0.25, 0.3) is 0 Å². The van der Waals surface area contributed by atoms with Crippen LogP contribution in [0.3, 0.4) is 0 Å². The summed E-state index contributed by atoms with van der Waals surface area (Å²) in [5.74, 6) is -0.938. The van der Waals surface area contributed by atoms with Crippen LogP contribution in [0, 0.1) is 0 Å². The van der Waals surface area contributed by atoms with Crippen molar-refractivity contribution in [1.29, 1.82) is 0 Å². The first-order valence-electron chi connectivity index (χ1n) is 5.81. The summed E-state index contributed by atoms with van der Waals surface area (Å²) in [7, 11) is 0. The van der Waals surface area contributed by atoms with Gasteiger partial charge in [-0.2, -0.15) is 0 Å². The maximum Gasteiger partial charge on any atom is 0.328 e. The van der Waals surface area contributed by atoms with Crippen molar-refractivity contribution in [2.24, 2.45) is 0 Å². The van der Waals surface area contributed by atoms with E-state index >= 15 is 0 Å². The van der Waals surface area contributed by atoms with Gasteiger partial charge in [-0.3, -0.25) is 0 Å². The SMILES string of the molecule is CCOCC(C)OCc1ccc(/C=C/C(=O)O)s1. The number of aliphatic carboxylic acids is 1. The molecule has 0 aliphatic carbocycles. The largest absolute Gasteiger partial charge is 0.478 e. The molecule has 1 unspecified atom stereocenters. The Kier molecular flexibility index (Phi) is 6.64. The molecule has 4 nitrogen and oxygen atoms in total. The molecule has 1 heterocycles. The molecular formula is C13H18O4S. The number of carbonyl (C=O) groups is 1. The molecule has 1 aromatic heterocycles. The molecule has 0 amide bonds. The number of hydrogen-bond acceptors (Lipinski definition) is 4. The summed E-state index contributed by atoms with van der Waals surface area (Å²) in [6.45, 7) is 5.73. The molecule has 0 radical (unpaired) electrons. The van der Waals surface area contributed by atoms with Crippen molar-refractivity contribution in [3.05, 3.63) is 28.0 Å². The zero-order chi connectivity index (χ0) is 13.4. The zero-order valence-electron chi connectivity index (χ0n) is 10.6. The molecule has 1 atom stereocenters. The van der Waals surface area contributed by atoms with E-state index in [4.69, 9.17) is 14.6 Å². The topological polar surface area (TPSA) is 55.8 Å². The smallest absolute Gasteiger partial charge is 0.328 e. The standard InChI is InChI=1S/C13H18O4S/c1-3-16-8-10(2)17-9-12-5-4-11(18-12)6-7-13(14)15/h4-7,10H,3,8-9H2,1-2H3,(H,14,15)/b7-6+. The van der Waals surface area contributed by atoms with E-state index < -0.39 is 5.97 Å².